The molecule has 78 valence electrons. The molecule has 4 nitrogen and oxygen atoms in total. The number of aryl methyl sites for hydroxylation is 1. The van der Waals surface area contributed by atoms with Gasteiger partial charge >= 0.3 is 0 Å². The molecule has 0 unspecified atom stereocenters. The van der Waals surface area contributed by atoms with Gasteiger partial charge in [0.05, 0.1) is 24.7 Å². The second-order valence-electron chi connectivity index (χ2n) is 2.89. The van der Waals surface area contributed by atoms with Crippen LogP contribution in [0.15, 0.2) is 30.3 Å². The number of allylic oxidation sites excluding steroid dienone is 1. The summed E-state index contributed by atoms with van der Waals surface area (Å²) in [4.78, 5) is 4.11. The topological polar surface area (TPSA) is 57.9 Å². The molecule has 0 radical (unpaired) electrons. The van der Waals surface area contributed by atoms with Crippen LogP contribution < -0.4 is 5.32 Å². The van der Waals surface area contributed by atoms with Crippen LogP contribution in [0.1, 0.15) is 12.6 Å². The Morgan fingerprint density at radius 2 is 2.47 bits per heavy atom. The van der Waals surface area contributed by atoms with Gasteiger partial charge in [0.2, 0.25) is 5.76 Å². The molecule has 1 N–H and O–H groups in total. The normalized spacial score (nSPS) is 10.6. The fraction of sp³-hybridized carbons (Fsp3) is 0.273. The number of nitrogens with one attached hydrogen (secondary N) is 1. The predicted molar refractivity (Wildman–Crippen MR) is 57.9 cm³/mol. The van der Waals surface area contributed by atoms with Crippen molar-refractivity contribution in [2.45, 2.75) is 13.8 Å². The molecular weight excluding hydrogens is 190 g/mol. The van der Waals surface area contributed by atoms with Crippen LogP contribution in [0.2, 0.25) is 0 Å². The first-order valence-corrected chi connectivity index (χ1v) is 4.68. The van der Waals surface area contributed by atoms with Gasteiger partial charge in [-0.15, -0.1) is 0 Å². The molecule has 0 spiro atoms. The van der Waals surface area contributed by atoms with Crippen LogP contribution in [0, 0.1) is 18.3 Å². The maximum absolute atomic E-state index is 8.68. The van der Waals surface area contributed by atoms with E-state index in [9.17, 15) is 0 Å². The van der Waals surface area contributed by atoms with E-state index in [0.717, 1.165) is 11.4 Å². The van der Waals surface area contributed by atoms with Gasteiger partial charge in [-0.2, -0.15) is 5.26 Å². The zero-order valence-corrected chi connectivity index (χ0v) is 8.82. The third-order valence-corrected chi connectivity index (χ3v) is 1.69. The van der Waals surface area contributed by atoms with Crippen LogP contribution in [-0.4, -0.2) is 11.6 Å². The zero-order chi connectivity index (χ0) is 11.1. The summed E-state index contributed by atoms with van der Waals surface area (Å²) in [6, 6.07) is 5.72. The summed E-state index contributed by atoms with van der Waals surface area (Å²) in [7, 11) is 0. The van der Waals surface area contributed by atoms with Crippen molar-refractivity contribution in [3.63, 3.8) is 0 Å². The highest BCUT2D eigenvalue weighted by Gasteiger charge is 1.94. The number of hydrogen-bond acceptors (Lipinski definition) is 4. The molecule has 0 aliphatic carbocycles. The Morgan fingerprint density at radius 1 is 1.67 bits per heavy atom. The van der Waals surface area contributed by atoms with Gasteiger partial charge in [0, 0.05) is 5.69 Å². The van der Waals surface area contributed by atoms with Crippen molar-refractivity contribution in [1.82, 2.24) is 4.98 Å². The molecule has 0 saturated carbocycles. The van der Waals surface area contributed by atoms with E-state index in [1.807, 2.05) is 32.0 Å². The van der Waals surface area contributed by atoms with Crippen LogP contribution in [0.3, 0.4) is 0 Å². The average Bonchev–Trinajstić information content (AvgIpc) is 2.26. The number of nitriles is 1. The van der Waals surface area contributed by atoms with Gasteiger partial charge in [0.15, 0.2) is 0 Å². The Balaban J connectivity index is 2.62. The summed E-state index contributed by atoms with van der Waals surface area (Å²) in [6.45, 7) is 4.23. The minimum atomic E-state index is 0.262. The molecular formula is C11H13N3O. The highest BCUT2D eigenvalue weighted by Crippen LogP contribution is 2.06. The molecule has 0 atom stereocenters. The lowest BCUT2D eigenvalue weighted by molar-refractivity contribution is 0.245. The zero-order valence-electron chi connectivity index (χ0n) is 8.82. The summed E-state index contributed by atoms with van der Waals surface area (Å²) >= 11 is 0. The Morgan fingerprint density at radius 3 is 3.00 bits per heavy atom. The first-order chi connectivity index (χ1) is 7.26. The molecule has 0 aromatic carbocycles. The molecule has 4 heteroatoms. The van der Waals surface area contributed by atoms with E-state index in [1.54, 1.807) is 6.20 Å². The van der Waals surface area contributed by atoms with Gasteiger partial charge in [-0.1, -0.05) is 0 Å². The van der Waals surface area contributed by atoms with Crippen LogP contribution >= 0.6 is 0 Å². The highest BCUT2D eigenvalue weighted by molar-refractivity contribution is 5.44. The molecule has 1 rings (SSSR count). The van der Waals surface area contributed by atoms with Crippen molar-refractivity contribution in [2.75, 3.05) is 11.9 Å². The van der Waals surface area contributed by atoms with E-state index < -0.39 is 0 Å². The van der Waals surface area contributed by atoms with Crippen molar-refractivity contribution >= 4 is 5.69 Å². The maximum atomic E-state index is 8.68. The third-order valence-electron chi connectivity index (χ3n) is 1.69. The van der Waals surface area contributed by atoms with Crippen LogP contribution in [0.4, 0.5) is 5.69 Å². The fourth-order valence-corrected chi connectivity index (χ4v) is 0.964. The fourth-order valence-electron chi connectivity index (χ4n) is 0.964. The molecule has 1 aromatic rings. The van der Waals surface area contributed by atoms with Crippen LogP contribution in [-0.2, 0) is 4.74 Å². The monoisotopic (exact) mass is 203 g/mol. The lowest BCUT2D eigenvalue weighted by Crippen LogP contribution is -1.95. The molecule has 0 fully saturated rings. The maximum Gasteiger partial charge on any atom is 0.213 e. The molecule has 0 aliphatic rings. The molecule has 0 amide bonds. The van der Waals surface area contributed by atoms with Crippen molar-refractivity contribution < 1.29 is 4.74 Å². The van der Waals surface area contributed by atoms with Crippen molar-refractivity contribution in [3.05, 3.63) is 36.0 Å². The first-order valence-electron chi connectivity index (χ1n) is 4.68. The Bertz CT molecular complexity index is 376. The van der Waals surface area contributed by atoms with Crippen molar-refractivity contribution in [1.29, 1.82) is 5.26 Å². The van der Waals surface area contributed by atoms with Gasteiger partial charge in [-0.25, -0.2) is 0 Å². The van der Waals surface area contributed by atoms with Crippen LogP contribution in [0.25, 0.3) is 0 Å². The van der Waals surface area contributed by atoms with Gasteiger partial charge in [-0.05, 0) is 26.0 Å². The number of aromatic nitrogens is 1. The quantitative estimate of drug-likeness (QED) is 0.602. The van der Waals surface area contributed by atoms with Gasteiger partial charge < -0.3 is 10.1 Å². The van der Waals surface area contributed by atoms with Crippen molar-refractivity contribution in [3.8, 4) is 6.07 Å². The summed E-state index contributed by atoms with van der Waals surface area (Å²) in [5.41, 5.74) is 1.78. The van der Waals surface area contributed by atoms with Crippen molar-refractivity contribution in [2.24, 2.45) is 0 Å². The number of nitrogens with zero attached hydrogens (tertiary/aromatic N) is 2. The van der Waals surface area contributed by atoms with Crippen LogP contribution in [0.5, 0.6) is 0 Å². The summed E-state index contributed by atoms with van der Waals surface area (Å²) in [5, 5.41) is 11.6. The molecule has 0 saturated heterocycles. The molecule has 0 aliphatic heterocycles. The largest absolute Gasteiger partial charge is 0.483 e. The summed E-state index contributed by atoms with van der Waals surface area (Å²) < 4.78 is 5.05. The lowest BCUT2D eigenvalue weighted by Gasteiger charge is -2.02. The number of pyridine rings is 1. The number of hydrogen-bond donors (Lipinski definition) is 1. The highest BCUT2D eigenvalue weighted by atomic mass is 16.5. The third kappa shape index (κ3) is 3.69. The molecule has 1 heterocycles. The SMILES string of the molecule is CCO/C(C#N)=C\Nc1ccc(C)nc1. The van der Waals surface area contributed by atoms with Gasteiger partial charge in [-0.3, -0.25) is 4.98 Å². The first kappa shape index (κ1) is 11.1. The number of rotatable bonds is 4. The number of anilines is 1. The van der Waals surface area contributed by atoms with E-state index in [2.05, 4.69) is 10.3 Å². The lowest BCUT2D eigenvalue weighted by atomic mass is 10.3. The minimum absolute atomic E-state index is 0.262. The Hall–Kier alpha value is -2.02. The minimum Gasteiger partial charge on any atom is -0.483 e. The average molecular weight is 203 g/mol. The van der Waals surface area contributed by atoms with E-state index in [-0.39, 0.29) is 5.76 Å². The van der Waals surface area contributed by atoms with Gasteiger partial charge in [0.25, 0.3) is 0 Å². The standard InChI is InChI=1S/C11H13N3O/c1-3-15-11(6-12)8-14-10-5-4-9(2)13-7-10/h4-5,7-8,14H,3H2,1-2H3/b11-8-. The van der Waals surface area contributed by atoms with E-state index in [4.69, 9.17) is 10.00 Å². The number of ether oxygens (including phenoxy) is 1. The molecule has 0 bridgehead atoms. The second kappa shape index (κ2) is 5.66. The predicted octanol–water partition coefficient (Wildman–Crippen LogP) is 2.20. The van der Waals surface area contributed by atoms with Gasteiger partial charge in [0.1, 0.15) is 6.07 Å². The summed E-state index contributed by atoms with van der Waals surface area (Å²) in [5.74, 6) is 0.262. The molecule has 15 heavy (non-hydrogen) atoms. The molecule has 1 aromatic heterocycles. The van der Waals surface area contributed by atoms with E-state index >= 15 is 0 Å². The Kier molecular flexibility index (Phi) is 4.17. The Labute approximate surface area is 89.2 Å². The van der Waals surface area contributed by atoms with E-state index in [1.165, 1.54) is 6.20 Å². The second-order valence-corrected chi connectivity index (χ2v) is 2.89. The van der Waals surface area contributed by atoms with E-state index in [0.29, 0.717) is 6.61 Å². The smallest absolute Gasteiger partial charge is 0.213 e. The summed E-state index contributed by atoms with van der Waals surface area (Å²) in [6.07, 6.45) is 3.22.